The van der Waals surface area contributed by atoms with Gasteiger partial charge in [0.05, 0.1) is 21.3 Å². The van der Waals surface area contributed by atoms with Crippen LogP contribution in [-0.4, -0.2) is 48.9 Å². The first-order valence-electron chi connectivity index (χ1n) is 19.1. The highest BCUT2D eigenvalue weighted by Gasteiger charge is 2.62. The zero-order valence-corrected chi connectivity index (χ0v) is 33.6. The summed E-state index contributed by atoms with van der Waals surface area (Å²) in [5, 5.41) is 17.5. The van der Waals surface area contributed by atoms with Crippen LogP contribution in [0.3, 0.4) is 0 Å². The van der Waals surface area contributed by atoms with Crippen LogP contribution >= 0.6 is 24.4 Å². The van der Waals surface area contributed by atoms with E-state index in [1.54, 1.807) is 14.2 Å². The molecule has 10 nitrogen and oxygen atoms in total. The summed E-state index contributed by atoms with van der Waals surface area (Å²) in [6, 6.07) is 15.4. The zero-order valence-electron chi connectivity index (χ0n) is 32.0. The number of rotatable bonds is 10. The molecule has 4 fully saturated rings. The summed E-state index contributed by atoms with van der Waals surface area (Å²) in [7, 11) is 4.80. The molecule has 0 aliphatic heterocycles. The van der Waals surface area contributed by atoms with Gasteiger partial charge in [0, 0.05) is 35.1 Å². The van der Waals surface area contributed by atoms with E-state index in [1.807, 2.05) is 48.5 Å². The van der Waals surface area contributed by atoms with Gasteiger partial charge in [0.15, 0.2) is 10.2 Å². The van der Waals surface area contributed by atoms with Crippen LogP contribution < -0.4 is 31.0 Å². The number of nitrogens with zero attached hydrogens (tertiary/aromatic N) is 2. The summed E-state index contributed by atoms with van der Waals surface area (Å²) >= 11 is 11.4. The summed E-state index contributed by atoms with van der Waals surface area (Å²) in [5.74, 6) is 4.35. The molecule has 7 unspecified atom stereocenters. The molecule has 6 rings (SSSR count). The lowest BCUT2D eigenvalue weighted by atomic mass is 9.44. The normalized spacial score (nSPS) is 30.9. The van der Waals surface area contributed by atoms with Gasteiger partial charge in [-0.25, -0.2) is 0 Å². The second-order valence-corrected chi connectivity index (χ2v) is 16.9. The Morgan fingerprint density at radius 1 is 0.811 bits per heavy atom. The SMILES string of the molecule is COC(=O)CC[C@@H](C)C1CCC2C3/C(=N/NC(=S)Nc4ccc(OC)cc4)CC4C/C(=N\NC(=S)Nc5ccc(OC)cc5)CCC4(C)C3CCC21C. The molecule has 0 heterocycles. The van der Waals surface area contributed by atoms with E-state index in [9.17, 15) is 4.79 Å². The summed E-state index contributed by atoms with van der Waals surface area (Å²) in [6.07, 6.45) is 9.97. The molecule has 53 heavy (non-hydrogen) atoms. The smallest absolute Gasteiger partial charge is 0.305 e. The Balaban J connectivity index is 1.21. The van der Waals surface area contributed by atoms with E-state index in [-0.39, 0.29) is 16.8 Å². The van der Waals surface area contributed by atoms with E-state index in [1.165, 1.54) is 38.5 Å². The summed E-state index contributed by atoms with van der Waals surface area (Å²) in [6.45, 7) is 7.43. The van der Waals surface area contributed by atoms with Crippen LogP contribution in [0.15, 0.2) is 58.7 Å². The van der Waals surface area contributed by atoms with Crippen molar-refractivity contribution in [3.63, 3.8) is 0 Å². The van der Waals surface area contributed by atoms with Gasteiger partial charge in [-0.3, -0.25) is 15.6 Å². The summed E-state index contributed by atoms with van der Waals surface area (Å²) < 4.78 is 15.6. The third-order valence-electron chi connectivity index (χ3n) is 13.4. The number of hydrogen-bond donors (Lipinski definition) is 4. The Morgan fingerprint density at radius 3 is 1.98 bits per heavy atom. The topological polar surface area (TPSA) is 118 Å². The number of fused-ring (bicyclic) bond motifs is 5. The van der Waals surface area contributed by atoms with E-state index >= 15 is 0 Å². The van der Waals surface area contributed by atoms with Gasteiger partial charge >= 0.3 is 5.97 Å². The third kappa shape index (κ3) is 8.48. The van der Waals surface area contributed by atoms with Gasteiger partial charge in [0.1, 0.15) is 11.5 Å². The number of esters is 1. The van der Waals surface area contributed by atoms with Crippen molar-refractivity contribution in [1.82, 2.24) is 10.9 Å². The van der Waals surface area contributed by atoms with Crippen LogP contribution in [0.5, 0.6) is 11.5 Å². The van der Waals surface area contributed by atoms with E-state index in [0.29, 0.717) is 52.2 Å². The van der Waals surface area contributed by atoms with Gasteiger partial charge in [-0.1, -0.05) is 20.8 Å². The van der Waals surface area contributed by atoms with Gasteiger partial charge in [-0.15, -0.1) is 0 Å². The van der Waals surface area contributed by atoms with Crippen LogP contribution in [0.4, 0.5) is 11.4 Å². The molecular formula is C41H56N6O4S2. The van der Waals surface area contributed by atoms with E-state index in [4.69, 9.17) is 48.8 Å². The van der Waals surface area contributed by atoms with Crippen molar-refractivity contribution < 1.29 is 19.0 Å². The number of carbonyl (C=O) groups is 1. The number of benzene rings is 2. The van der Waals surface area contributed by atoms with Gasteiger partial charge in [-0.05, 0) is 171 Å². The molecular weight excluding hydrogens is 705 g/mol. The first-order valence-corrected chi connectivity index (χ1v) is 19.9. The second-order valence-electron chi connectivity index (χ2n) is 16.0. The van der Waals surface area contributed by atoms with E-state index in [2.05, 4.69) is 42.3 Å². The maximum absolute atomic E-state index is 12.1. The largest absolute Gasteiger partial charge is 0.497 e. The van der Waals surface area contributed by atoms with Crippen molar-refractivity contribution in [2.75, 3.05) is 32.0 Å². The second kappa shape index (κ2) is 16.7. The number of hydrogen-bond acceptors (Lipinski definition) is 8. The quantitative estimate of drug-likeness (QED) is 0.107. The number of hydrazone groups is 2. The lowest BCUT2D eigenvalue weighted by Gasteiger charge is -2.61. The highest BCUT2D eigenvalue weighted by molar-refractivity contribution is 7.80. The Bertz CT molecular complexity index is 1700. The van der Waals surface area contributed by atoms with Crippen LogP contribution in [-0.2, 0) is 9.53 Å². The summed E-state index contributed by atoms with van der Waals surface area (Å²) in [4.78, 5) is 12.1. The fraction of sp³-hybridized carbons (Fsp3) is 0.585. The van der Waals surface area contributed by atoms with Crippen molar-refractivity contribution in [2.45, 2.75) is 85.0 Å². The molecule has 4 aliphatic rings. The predicted molar refractivity (Wildman–Crippen MR) is 221 cm³/mol. The summed E-state index contributed by atoms with van der Waals surface area (Å²) in [5.41, 5.74) is 10.9. The third-order valence-corrected chi connectivity index (χ3v) is 13.8. The average Bonchev–Trinajstić information content (AvgIpc) is 3.53. The molecule has 4 aliphatic carbocycles. The highest BCUT2D eigenvalue weighted by atomic mass is 32.1. The number of methoxy groups -OCH3 is 3. The fourth-order valence-electron chi connectivity index (χ4n) is 10.5. The van der Waals surface area contributed by atoms with Crippen LogP contribution in [0.2, 0.25) is 0 Å². The van der Waals surface area contributed by atoms with Crippen LogP contribution in [0, 0.1) is 46.3 Å². The molecule has 0 radical (unpaired) electrons. The molecule has 2 aromatic carbocycles. The highest BCUT2D eigenvalue weighted by Crippen LogP contribution is 2.67. The van der Waals surface area contributed by atoms with Gasteiger partial charge in [-0.2, -0.15) is 10.2 Å². The van der Waals surface area contributed by atoms with Crippen molar-refractivity contribution in [1.29, 1.82) is 0 Å². The van der Waals surface area contributed by atoms with Gasteiger partial charge in [0.25, 0.3) is 0 Å². The lowest BCUT2D eigenvalue weighted by Crippen LogP contribution is -2.57. The minimum atomic E-state index is -0.114. The molecule has 2 aromatic rings. The number of anilines is 2. The maximum atomic E-state index is 12.1. The van der Waals surface area contributed by atoms with Crippen LogP contribution in [0.1, 0.15) is 85.0 Å². The average molecular weight is 761 g/mol. The molecule has 4 N–H and O–H groups in total. The Morgan fingerprint density at radius 2 is 1.40 bits per heavy atom. The fourth-order valence-corrected chi connectivity index (χ4v) is 10.9. The van der Waals surface area contributed by atoms with E-state index in [0.717, 1.165) is 60.7 Å². The van der Waals surface area contributed by atoms with Crippen molar-refractivity contribution in [3.8, 4) is 11.5 Å². The first kappa shape index (κ1) is 38.9. The molecule has 0 saturated heterocycles. The Kier molecular flexibility index (Phi) is 12.3. The van der Waals surface area contributed by atoms with Crippen LogP contribution in [0.25, 0.3) is 0 Å². The molecule has 8 atom stereocenters. The zero-order chi connectivity index (χ0) is 37.8. The van der Waals surface area contributed by atoms with E-state index < -0.39 is 0 Å². The number of carbonyl (C=O) groups excluding carboxylic acids is 1. The molecule has 0 amide bonds. The Hall–Kier alpha value is -3.77. The lowest BCUT2D eigenvalue weighted by molar-refractivity contribution is -0.141. The van der Waals surface area contributed by atoms with Crippen molar-refractivity contribution in [2.24, 2.45) is 56.5 Å². The standard InChI is InChI=1S/C41H56N6O4S2/c1-25(7-18-36(48)51-6)32-16-17-33-37-34(20-22-41(32,33)3)40(2)21-19-29(44-46-38(52)42-27-8-12-30(49-4)13-9-27)23-26(40)24-35(37)45-47-39(53)43-28-10-14-31(50-5)15-11-28/h8-15,25-26,32-34,37H,7,16-24H2,1-6H3,(H2,42,46,52)(H2,43,47,53)/b44-29-,45-35+/t25-,26?,32?,33?,34?,37?,40?,41?/m1/s1. The molecule has 4 saturated carbocycles. The number of thiocarbonyl (C=S) groups is 2. The first-order chi connectivity index (χ1) is 25.5. The maximum Gasteiger partial charge on any atom is 0.305 e. The van der Waals surface area contributed by atoms with Crippen molar-refractivity contribution in [3.05, 3.63) is 48.5 Å². The number of ether oxygens (including phenoxy) is 3. The molecule has 0 bridgehead atoms. The molecule has 0 aromatic heterocycles. The van der Waals surface area contributed by atoms with Gasteiger partial charge in [0.2, 0.25) is 0 Å². The minimum absolute atomic E-state index is 0.114. The predicted octanol–water partition coefficient (Wildman–Crippen LogP) is 8.55. The van der Waals surface area contributed by atoms with Crippen molar-refractivity contribution >= 4 is 63.4 Å². The monoisotopic (exact) mass is 760 g/mol. The minimum Gasteiger partial charge on any atom is -0.497 e. The Labute approximate surface area is 325 Å². The molecule has 286 valence electrons. The number of nitrogens with one attached hydrogen (secondary N) is 4. The van der Waals surface area contributed by atoms with Gasteiger partial charge < -0.3 is 24.8 Å². The molecule has 0 spiro atoms. The molecule has 12 heteroatoms.